The Morgan fingerprint density at radius 3 is 2.42 bits per heavy atom. The minimum atomic E-state index is -3.67. The summed E-state index contributed by atoms with van der Waals surface area (Å²) in [6.07, 6.45) is 1.95. The highest BCUT2D eigenvalue weighted by Gasteiger charge is 2.34. The van der Waals surface area contributed by atoms with Gasteiger partial charge in [-0.25, -0.2) is 8.42 Å². The number of carbonyl (C=O) groups excluding carboxylic acids is 2. The van der Waals surface area contributed by atoms with Crippen LogP contribution in [0.15, 0.2) is 71.6 Å². The van der Waals surface area contributed by atoms with Crippen LogP contribution in [-0.4, -0.2) is 51.3 Å². The van der Waals surface area contributed by atoms with Crippen LogP contribution in [0.5, 0.6) is 5.75 Å². The molecule has 1 saturated heterocycles. The van der Waals surface area contributed by atoms with E-state index in [1.807, 2.05) is 25.1 Å². The Balaban J connectivity index is 1.28. The van der Waals surface area contributed by atoms with Crippen molar-refractivity contribution in [3.8, 4) is 5.75 Å². The minimum absolute atomic E-state index is 0.112. The van der Waals surface area contributed by atoms with E-state index < -0.39 is 15.9 Å². The van der Waals surface area contributed by atoms with Gasteiger partial charge < -0.3 is 15.0 Å². The van der Waals surface area contributed by atoms with E-state index in [2.05, 4.69) is 5.32 Å². The van der Waals surface area contributed by atoms with Gasteiger partial charge in [0, 0.05) is 36.6 Å². The molecule has 0 aliphatic carbocycles. The number of carbonyl (C=O) groups is 2. The molecule has 0 spiro atoms. The Bertz CT molecular complexity index is 1450. The first-order chi connectivity index (χ1) is 18.3. The number of anilines is 2. The molecule has 2 heterocycles. The average molecular weight is 534 g/mol. The predicted molar refractivity (Wildman–Crippen MR) is 146 cm³/mol. The molecule has 2 aliphatic rings. The van der Waals surface area contributed by atoms with Crippen molar-refractivity contribution in [3.63, 3.8) is 0 Å². The highest BCUT2D eigenvalue weighted by atomic mass is 32.2. The maximum Gasteiger partial charge on any atom is 0.258 e. The van der Waals surface area contributed by atoms with Crippen LogP contribution < -0.4 is 15.0 Å². The van der Waals surface area contributed by atoms with E-state index in [1.165, 1.54) is 4.31 Å². The molecule has 9 heteroatoms. The van der Waals surface area contributed by atoms with E-state index in [1.54, 1.807) is 60.5 Å². The van der Waals surface area contributed by atoms with Gasteiger partial charge in [-0.15, -0.1) is 0 Å². The predicted octanol–water partition coefficient (Wildman–Crippen LogP) is 4.25. The Morgan fingerprint density at radius 1 is 0.974 bits per heavy atom. The lowest BCUT2D eigenvalue weighted by Crippen LogP contribution is -2.43. The van der Waals surface area contributed by atoms with Crippen molar-refractivity contribution in [2.45, 2.75) is 31.1 Å². The van der Waals surface area contributed by atoms with Crippen molar-refractivity contribution in [2.75, 3.05) is 37.0 Å². The van der Waals surface area contributed by atoms with E-state index in [9.17, 15) is 18.0 Å². The molecule has 0 aromatic heterocycles. The van der Waals surface area contributed by atoms with Gasteiger partial charge in [0.25, 0.3) is 5.91 Å². The molecule has 198 valence electrons. The van der Waals surface area contributed by atoms with Gasteiger partial charge in [0.05, 0.1) is 17.9 Å². The molecule has 2 aliphatic heterocycles. The third-order valence-corrected chi connectivity index (χ3v) is 9.12. The Labute approximate surface area is 223 Å². The molecule has 38 heavy (non-hydrogen) atoms. The van der Waals surface area contributed by atoms with Gasteiger partial charge >= 0.3 is 0 Å². The monoisotopic (exact) mass is 533 g/mol. The van der Waals surface area contributed by atoms with Gasteiger partial charge in [-0.3, -0.25) is 9.59 Å². The quantitative estimate of drug-likeness (QED) is 0.511. The summed E-state index contributed by atoms with van der Waals surface area (Å²) in [5.74, 6) is -0.116. The third-order valence-electron chi connectivity index (χ3n) is 7.24. The molecule has 3 aromatic rings. The van der Waals surface area contributed by atoms with Gasteiger partial charge in [-0.05, 0) is 80.3 Å². The largest absolute Gasteiger partial charge is 0.497 e. The number of fused-ring (bicyclic) bond motifs is 1. The maximum absolute atomic E-state index is 13.2. The molecule has 0 saturated carbocycles. The Morgan fingerprint density at radius 2 is 1.71 bits per heavy atom. The molecule has 2 amide bonds. The summed E-state index contributed by atoms with van der Waals surface area (Å²) in [5.41, 5.74) is 3.94. The number of piperidine rings is 1. The fourth-order valence-electron chi connectivity index (χ4n) is 5.04. The van der Waals surface area contributed by atoms with E-state index in [0.717, 1.165) is 23.2 Å². The first-order valence-electron chi connectivity index (χ1n) is 12.7. The average Bonchev–Trinajstić information content (AvgIpc) is 3.36. The number of hydrogen-bond donors (Lipinski definition) is 1. The molecule has 3 aromatic carbocycles. The van der Waals surface area contributed by atoms with Gasteiger partial charge in [0.2, 0.25) is 15.9 Å². The van der Waals surface area contributed by atoms with Crippen LogP contribution in [0, 0.1) is 12.8 Å². The SMILES string of the molecule is COc1ccc(C(=O)N2CCc3ccc(NC(=O)[C@@H]4CCCN(S(=O)(=O)c5ccc(C)cc5)C4)cc32)cc1. The van der Waals surface area contributed by atoms with Crippen molar-refractivity contribution in [1.29, 1.82) is 0 Å². The Hall–Kier alpha value is -3.69. The smallest absolute Gasteiger partial charge is 0.258 e. The topological polar surface area (TPSA) is 96.0 Å². The zero-order valence-electron chi connectivity index (χ0n) is 21.5. The number of aryl methyl sites for hydroxylation is 1. The van der Waals surface area contributed by atoms with E-state index in [-0.39, 0.29) is 23.3 Å². The lowest BCUT2D eigenvalue weighted by atomic mass is 9.98. The molecule has 5 rings (SSSR count). The van der Waals surface area contributed by atoms with Crippen LogP contribution in [0.3, 0.4) is 0 Å². The second kappa shape index (κ2) is 10.6. The number of nitrogens with one attached hydrogen (secondary N) is 1. The lowest BCUT2D eigenvalue weighted by Gasteiger charge is -2.31. The van der Waals surface area contributed by atoms with E-state index >= 15 is 0 Å². The van der Waals surface area contributed by atoms with Crippen LogP contribution in [0.4, 0.5) is 11.4 Å². The van der Waals surface area contributed by atoms with Crippen LogP contribution in [-0.2, 0) is 21.2 Å². The molecule has 8 nitrogen and oxygen atoms in total. The summed E-state index contributed by atoms with van der Waals surface area (Å²) >= 11 is 0. The summed E-state index contributed by atoms with van der Waals surface area (Å²) in [7, 11) is -2.09. The fraction of sp³-hybridized carbons (Fsp3) is 0.310. The summed E-state index contributed by atoms with van der Waals surface area (Å²) in [5, 5.41) is 2.96. The molecular weight excluding hydrogens is 502 g/mol. The number of nitrogens with zero attached hydrogens (tertiary/aromatic N) is 2. The molecule has 0 bridgehead atoms. The van der Waals surface area contributed by atoms with Crippen molar-refractivity contribution in [1.82, 2.24) is 4.31 Å². The number of benzene rings is 3. The minimum Gasteiger partial charge on any atom is -0.497 e. The molecule has 0 radical (unpaired) electrons. The van der Waals surface area contributed by atoms with E-state index in [4.69, 9.17) is 4.74 Å². The Kier molecular flexibility index (Phi) is 7.23. The highest BCUT2D eigenvalue weighted by molar-refractivity contribution is 7.89. The van der Waals surface area contributed by atoms with Crippen molar-refractivity contribution in [2.24, 2.45) is 5.92 Å². The molecule has 1 fully saturated rings. The zero-order chi connectivity index (χ0) is 26.9. The van der Waals surface area contributed by atoms with Crippen molar-refractivity contribution >= 4 is 33.2 Å². The number of amides is 2. The highest BCUT2D eigenvalue weighted by Crippen LogP contribution is 2.33. The number of hydrogen-bond acceptors (Lipinski definition) is 5. The standard InChI is InChI=1S/C29H31N3O5S/c1-20-5-13-26(14-6-20)38(35,36)31-16-3-4-23(19-31)28(33)30-24-10-7-21-15-17-32(27(21)18-24)29(34)22-8-11-25(37-2)12-9-22/h5-14,18,23H,3-4,15-17,19H2,1-2H3,(H,30,33)/t23-/m1/s1. The molecular formula is C29H31N3O5S. The van der Waals surface area contributed by atoms with Crippen LogP contribution in [0.1, 0.15) is 34.3 Å². The van der Waals surface area contributed by atoms with Crippen LogP contribution in [0.2, 0.25) is 0 Å². The van der Waals surface area contributed by atoms with Gasteiger partial charge in [-0.1, -0.05) is 23.8 Å². The summed E-state index contributed by atoms with van der Waals surface area (Å²) in [6.45, 7) is 2.99. The normalized spacial score (nSPS) is 17.6. The zero-order valence-corrected chi connectivity index (χ0v) is 22.3. The summed E-state index contributed by atoms with van der Waals surface area (Å²) in [6, 6.07) is 19.4. The van der Waals surface area contributed by atoms with Crippen LogP contribution >= 0.6 is 0 Å². The van der Waals surface area contributed by atoms with Gasteiger partial charge in [-0.2, -0.15) is 4.31 Å². The number of rotatable bonds is 6. The number of sulfonamides is 1. The number of methoxy groups -OCH3 is 1. The van der Waals surface area contributed by atoms with Gasteiger partial charge in [0.1, 0.15) is 5.75 Å². The first-order valence-corrected chi connectivity index (χ1v) is 14.2. The van der Waals surface area contributed by atoms with Crippen molar-refractivity contribution in [3.05, 3.63) is 83.4 Å². The molecule has 1 atom stereocenters. The third kappa shape index (κ3) is 5.16. The van der Waals surface area contributed by atoms with E-state index in [0.29, 0.717) is 42.9 Å². The summed E-state index contributed by atoms with van der Waals surface area (Å²) in [4.78, 5) is 28.4. The molecule has 0 unspecified atom stereocenters. The van der Waals surface area contributed by atoms with Gasteiger partial charge in [0.15, 0.2) is 0 Å². The van der Waals surface area contributed by atoms with Crippen molar-refractivity contribution < 1.29 is 22.7 Å². The van der Waals surface area contributed by atoms with Crippen LogP contribution in [0.25, 0.3) is 0 Å². The lowest BCUT2D eigenvalue weighted by molar-refractivity contribution is -0.120. The second-order valence-electron chi connectivity index (χ2n) is 9.78. The number of ether oxygens (including phenoxy) is 1. The summed E-state index contributed by atoms with van der Waals surface area (Å²) < 4.78 is 32.9. The maximum atomic E-state index is 13.2. The first kappa shape index (κ1) is 25.9. The fourth-order valence-corrected chi connectivity index (χ4v) is 6.56. The molecule has 1 N–H and O–H groups in total. The second-order valence-corrected chi connectivity index (χ2v) is 11.7.